The fourth-order valence-electron chi connectivity index (χ4n) is 2.92. The van der Waals surface area contributed by atoms with Gasteiger partial charge in [0.05, 0.1) is 6.54 Å². The van der Waals surface area contributed by atoms with Crippen LogP contribution in [0.4, 0.5) is 0 Å². The van der Waals surface area contributed by atoms with E-state index in [1.54, 1.807) is 9.80 Å². The Balaban J connectivity index is 2.02. The zero-order valence-corrected chi connectivity index (χ0v) is 12.0. The third-order valence-electron chi connectivity index (χ3n) is 4.55. The first-order valence-corrected chi connectivity index (χ1v) is 7.38. The molecular formula is C14H25N3O2. The largest absolute Gasteiger partial charge is 0.330 e. The van der Waals surface area contributed by atoms with Crippen LogP contribution in [0.25, 0.3) is 0 Å². The number of carbonyl (C=O) groups is 2. The Hall–Kier alpha value is -1.10. The third-order valence-corrected chi connectivity index (χ3v) is 4.55. The summed E-state index contributed by atoms with van der Waals surface area (Å²) in [7, 11) is 0. The van der Waals surface area contributed by atoms with Crippen LogP contribution in [0.15, 0.2) is 0 Å². The van der Waals surface area contributed by atoms with Gasteiger partial charge in [-0.05, 0) is 25.2 Å². The molecule has 0 aliphatic carbocycles. The Labute approximate surface area is 115 Å². The van der Waals surface area contributed by atoms with Crippen molar-refractivity contribution in [2.24, 2.45) is 11.7 Å². The lowest BCUT2D eigenvalue weighted by Gasteiger charge is -2.43. The maximum absolute atomic E-state index is 12.4. The fourth-order valence-corrected chi connectivity index (χ4v) is 2.92. The molecule has 0 aromatic rings. The zero-order chi connectivity index (χ0) is 14.0. The van der Waals surface area contributed by atoms with Gasteiger partial charge >= 0.3 is 0 Å². The van der Waals surface area contributed by atoms with E-state index in [1.165, 1.54) is 0 Å². The maximum Gasteiger partial charge on any atom is 0.245 e. The summed E-state index contributed by atoms with van der Waals surface area (Å²) in [6.45, 7) is 5.63. The molecule has 0 saturated carbocycles. The molecule has 2 heterocycles. The smallest absolute Gasteiger partial charge is 0.245 e. The van der Waals surface area contributed by atoms with Crippen LogP contribution in [0.2, 0.25) is 0 Å². The van der Waals surface area contributed by atoms with Gasteiger partial charge in [0.2, 0.25) is 11.8 Å². The second-order valence-electron chi connectivity index (χ2n) is 5.87. The summed E-state index contributed by atoms with van der Waals surface area (Å²) in [6, 6.07) is -0.268. The minimum atomic E-state index is -0.223. The molecule has 2 rings (SSSR count). The van der Waals surface area contributed by atoms with Gasteiger partial charge in [0.1, 0.15) is 6.04 Å². The van der Waals surface area contributed by atoms with Gasteiger partial charge in [0.15, 0.2) is 0 Å². The number of piperazine rings is 1. The van der Waals surface area contributed by atoms with Crippen LogP contribution in [-0.2, 0) is 9.59 Å². The lowest BCUT2D eigenvalue weighted by molar-refractivity contribution is -0.158. The van der Waals surface area contributed by atoms with E-state index >= 15 is 0 Å². The van der Waals surface area contributed by atoms with Gasteiger partial charge in [-0.15, -0.1) is 0 Å². The lowest BCUT2D eigenvalue weighted by Crippen LogP contribution is -2.62. The van der Waals surface area contributed by atoms with Gasteiger partial charge in [-0.1, -0.05) is 20.3 Å². The van der Waals surface area contributed by atoms with Crippen molar-refractivity contribution in [1.82, 2.24) is 9.80 Å². The molecule has 0 spiro atoms. The molecule has 0 radical (unpaired) electrons. The number of hydrogen-bond donors (Lipinski definition) is 1. The molecule has 0 aromatic carbocycles. The molecule has 3 atom stereocenters. The fraction of sp³-hybridized carbons (Fsp3) is 0.857. The minimum absolute atomic E-state index is 0.0445. The number of rotatable bonds is 4. The Morgan fingerprint density at radius 3 is 2.79 bits per heavy atom. The molecule has 2 aliphatic rings. The number of nitrogens with two attached hydrogens (primary N) is 1. The molecule has 0 aromatic heterocycles. The van der Waals surface area contributed by atoms with Crippen molar-refractivity contribution in [3.8, 4) is 0 Å². The van der Waals surface area contributed by atoms with Crippen LogP contribution >= 0.6 is 0 Å². The number of carbonyl (C=O) groups excluding carboxylic acids is 2. The molecule has 5 nitrogen and oxygen atoms in total. The Bertz CT molecular complexity index is 359. The summed E-state index contributed by atoms with van der Waals surface area (Å²) >= 11 is 0. The highest BCUT2D eigenvalue weighted by atomic mass is 16.2. The Morgan fingerprint density at radius 1 is 1.37 bits per heavy atom. The van der Waals surface area contributed by atoms with Crippen molar-refractivity contribution in [3.05, 3.63) is 0 Å². The summed E-state index contributed by atoms with van der Waals surface area (Å²) in [5.74, 6) is 0.547. The van der Waals surface area contributed by atoms with Crippen LogP contribution in [0.3, 0.4) is 0 Å². The van der Waals surface area contributed by atoms with Crippen molar-refractivity contribution in [3.63, 3.8) is 0 Å². The molecule has 2 N–H and O–H groups in total. The van der Waals surface area contributed by atoms with E-state index in [0.29, 0.717) is 12.5 Å². The molecule has 2 aliphatic heterocycles. The number of nitrogens with zero attached hydrogens (tertiary/aromatic N) is 2. The van der Waals surface area contributed by atoms with E-state index in [0.717, 1.165) is 32.2 Å². The molecule has 2 fully saturated rings. The van der Waals surface area contributed by atoms with Gasteiger partial charge in [-0.3, -0.25) is 9.59 Å². The van der Waals surface area contributed by atoms with E-state index in [2.05, 4.69) is 13.8 Å². The van der Waals surface area contributed by atoms with E-state index in [9.17, 15) is 9.59 Å². The predicted molar refractivity (Wildman–Crippen MR) is 73.4 cm³/mol. The first-order valence-electron chi connectivity index (χ1n) is 7.38. The summed E-state index contributed by atoms with van der Waals surface area (Å²) < 4.78 is 0. The standard InChI is InChI=1S/C14H25N3O2/c1-3-10(2)11(15)8-16-9-13(18)17-7-5-4-6-12(17)14(16)19/h10-12H,3-9,15H2,1-2H3. The molecule has 19 heavy (non-hydrogen) atoms. The average Bonchev–Trinajstić information content (AvgIpc) is 2.43. The monoisotopic (exact) mass is 267 g/mol. The molecule has 5 heteroatoms. The predicted octanol–water partition coefficient (Wildman–Crippen LogP) is 0.583. The summed E-state index contributed by atoms with van der Waals surface area (Å²) in [5.41, 5.74) is 6.12. The molecule has 2 saturated heterocycles. The maximum atomic E-state index is 12.4. The lowest BCUT2D eigenvalue weighted by atomic mass is 9.96. The average molecular weight is 267 g/mol. The Morgan fingerprint density at radius 2 is 2.11 bits per heavy atom. The molecule has 0 bridgehead atoms. The summed E-state index contributed by atoms with van der Waals surface area (Å²) in [4.78, 5) is 28.0. The van der Waals surface area contributed by atoms with Gasteiger partial charge < -0.3 is 15.5 Å². The first kappa shape index (κ1) is 14.3. The van der Waals surface area contributed by atoms with Crippen LogP contribution in [-0.4, -0.2) is 53.3 Å². The van der Waals surface area contributed by atoms with E-state index in [4.69, 9.17) is 5.73 Å². The van der Waals surface area contributed by atoms with E-state index in [1.807, 2.05) is 0 Å². The van der Waals surface area contributed by atoms with Gasteiger partial charge in [0.25, 0.3) is 0 Å². The van der Waals surface area contributed by atoms with Gasteiger partial charge in [-0.2, -0.15) is 0 Å². The highest BCUT2D eigenvalue weighted by molar-refractivity contribution is 5.95. The van der Waals surface area contributed by atoms with Crippen molar-refractivity contribution in [1.29, 1.82) is 0 Å². The van der Waals surface area contributed by atoms with Crippen molar-refractivity contribution in [2.45, 2.75) is 51.6 Å². The topological polar surface area (TPSA) is 66.6 Å². The van der Waals surface area contributed by atoms with Crippen molar-refractivity contribution >= 4 is 11.8 Å². The quantitative estimate of drug-likeness (QED) is 0.810. The number of amides is 2. The molecule has 3 unspecified atom stereocenters. The van der Waals surface area contributed by atoms with E-state index < -0.39 is 0 Å². The first-order chi connectivity index (χ1) is 9.04. The number of fused-ring (bicyclic) bond motifs is 1. The Kier molecular flexibility index (Phi) is 4.45. The van der Waals surface area contributed by atoms with Gasteiger partial charge in [0, 0.05) is 19.1 Å². The molecule has 108 valence electrons. The second kappa shape index (κ2) is 5.90. The SMILES string of the molecule is CCC(C)C(N)CN1CC(=O)N2CCCCC2C1=O. The highest BCUT2D eigenvalue weighted by Gasteiger charge is 2.40. The normalized spacial score (nSPS) is 27.2. The molecular weight excluding hydrogens is 242 g/mol. The second-order valence-corrected chi connectivity index (χ2v) is 5.87. The molecule has 2 amide bonds. The summed E-state index contributed by atoms with van der Waals surface area (Å²) in [5, 5.41) is 0. The van der Waals surface area contributed by atoms with Crippen LogP contribution in [0.1, 0.15) is 39.5 Å². The van der Waals surface area contributed by atoms with Crippen LogP contribution in [0.5, 0.6) is 0 Å². The third kappa shape index (κ3) is 2.91. The highest BCUT2D eigenvalue weighted by Crippen LogP contribution is 2.23. The minimum Gasteiger partial charge on any atom is -0.330 e. The number of hydrogen-bond acceptors (Lipinski definition) is 3. The van der Waals surface area contributed by atoms with E-state index in [-0.39, 0.29) is 30.4 Å². The zero-order valence-electron chi connectivity index (χ0n) is 12.0. The summed E-state index contributed by atoms with van der Waals surface area (Å²) in [6.07, 6.45) is 3.85. The van der Waals surface area contributed by atoms with Crippen LogP contribution < -0.4 is 5.73 Å². The number of piperidine rings is 1. The van der Waals surface area contributed by atoms with Crippen LogP contribution in [0, 0.1) is 5.92 Å². The van der Waals surface area contributed by atoms with Crippen molar-refractivity contribution in [2.75, 3.05) is 19.6 Å². The van der Waals surface area contributed by atoms with Gasteiger partial charge in [-0.25, -0.2) is 0 Å². The van der Waals surface area contributed by atoms with Crippen molar-refractivity contribution < 1.29 is 9.59 Å².